The van der Waals surface area contributed by atoms with Crippen molar-refractivity contribution < 1.29 is 0 Å². The van der Waals surface area contributed by atoms with Gasteiger partial charge in [0.15, 0.2) is 0 Å². The minimum absolute atomic E-state index is 0.857. The standard InChI is InChI=1S/C18H31N/c1-16-12-13-18(17(2)15-16)11-9-7-5-3-4-6-8-10-14-19/h12-13,15H,3-11,14,19H2,1-2H3. The molecule has 0 aliphatic heterocycles. The summed E-state index contributed by atoms with van der Waals surface area (Å²) in [4.78, 5) is 0. The molecule has 0 unspecified atom stereocenters. The highest BCUT2D eigenvalue weighted by molar-refractivity contribution is 5.30. The Morgan fingerprint density at radius 2 is 1.37 bits per heavy atom. The number of unbranched alkanes of at least 4 members (excludes halogenated alkanes) is 7. The summed E-state index contributed by atoms with van der Waals surface area (Å²) < 4.78 is 0. The van der Waals surface area contributed by atoms with E-state index in [9.17, 15) is 0 Å². The Labute approximate surface area is 119 Å². The average molecular weight is 261 g/mol. The van der Waals surface area contributed by atoms with Crippen LogP contribution in [0.25, 0.3) is 0 Å². The van der Waals surface area contributed by atoms with E-state index in [1.54, 1.807) is 0 Å². The first-order valence-electron chi connectivity index (χ1n) is 8.00. The van der Waals surface area contributed by atoms with Crippen molar-refractivity contribution in [3.63, 3.8) is 0 Å². The van der Waals surface area contributed by atoms with Gasteiger partial charge in [-0.2, -0.15) is 0 Å². The maximum Gasteiger partial charge on any atom is -0.00773 e. The Balaban J connectivity index is 2.01. The van der Waals surface area contributed by atoms with Crippen molar-refractivity contribution in [2.24, 2.45) is 5.73 Å². The molecule has 0 aliphatic rings. The molecule has 0 bridgehead atoms. The van der Waals surface area contributed by atoms with Crippen LogP contribution in [0.3, 0.4) is 0 Å². The number of rotatable bonds is 10. The molecule has 0 radical (unpaired) electrons. The average Bonchev–Trinajstić information content (AvgIpc) is 2.39. The molecule has 1 aromatic rings. The molecule has 0 spiro atoms. The normalized spacial score (nSPS) is 10.9. The van der Waals surface area contributed by atoms with Crippen LogP contribution < -0.4 is 5.73 Å². The third-order valence-electron chi connectivity index (χ3n) is 3.90. The first kappa shape index (κ1) is 16.2. The molecule has 2 N–H and O–H groups in total. The van der Waals surface area contributed by atoms with Gasteiger partial charge in [-0.05, 0) is 50.8 Å². The molecule has 108 valence electrons. The van der Waals surface area contributed by atoms with Gasteiger partial charge < -0.3 is 5.73 Å². The van der Waals surface area contributed by atoms with E-state index in [1.165, 1.54) is 74.5 Å². The lowest BCUT2D eigenvalue weighted by Crippen LogP contribution is -1.97. The topological polar surface area (TPSA) is 26.0 Å². The summed E-state index contributed by atoms with van der Waals surface area (Å²) in [5.41, 5.74) is 9.86. The second-order valence-electron chi connectivity index (χ2n) is 5.80. The molecule has 1 nitrogen and oxygen atoms in total. The van der Waals surface area contributed by atoms with E-state index in [0.717, 1.165) is 6.54 Å². The van der Waals surface area contributed by atoms with Gasteiger partial charge in [0, 0.05) is 0 Å². The van der Waals surface area contributed by atoms with Crippen LogP contribution in [0.4, 0.5) is 0 Å². The van der Waals surface area contributed by atoms with Crippen LogP contribution in [-0.2, 0) is 6.42 Å². The lowest BCUT2D eigenvalue weighted by atomic mass is 9.99. The van der Waals surface area contributed by atoms with Gasteiger partial charge in [-0.25, -0.2) is 0 Å². The number of nitrogens with two attached hydrogens (primary N) is 1. The van der Waals surface area contributed by atoms with E-state index in [2.05, 4.69) is 32.0 Å². The van der Waals surface area contributed by atoms with Gasteiger partial charge in [0.1, 0.15) is 0 Å². The Morgan fingerprint density at radius 1 is 0.789 bits per heavy atom. The smallest absolute Gasteiger partial charge is 0.00773 e. The molecule has 0 fully saturated rings. The minimum Gasteiger partial charge on any atom is -0.330 e. The molecule has 0 aliphatic carbocycles. The third-order valence-corrected chi connectivity index (χ3v) is 3.90. The van der Waals surface area contributed by atoms with Gasteiger partial charge in [0.05, 0.1) is 0 Å². The summed E-state index contributed by atoms with van der Waals surface area (Å²) in [6.07, 6.45) is 12.0. The highest BCUT2D eigenvalue weighted by Crippen LogP contribution is 2.15. The molecule has 0 aromatic heterocycles. The molecule has 1 rings (SSSR count). The Bertz CT molecular complexity index is 344. The lowest BCUT2D eigenvalue weighted by molar-refractivity contribution is 0.569. The monoisotopic (exact) mass is 261 g/mol. The zero-order valence-corrected chi connectivity index (χ0v) is 12.9. The van der Waals surface area contributed by atoms with E-state index in [1.807, 2.05) is 0 Å². The first-order chi connectivity index (χ1) is 9.24. The molecule has 0 heterocycles. The van der Waals surface area contributed by atoms with Gasteiger partial charge in [-0.3, -0.25) is 0 Å². The zero-order valence-electron chi connectivity index (χ0n) is 12.9. The Morgan fingerprint density at radius 3 is 1.95 bits per heavy atom. The summed E-state index contributed by atoms with van der Waals surface area (Å²) in [6.45, 7) is 5.26. The minimum atomic E-state index is 0.857. The van der Waals surface area contributed by atoms with Crippen molar-refractivity contribution >= 4 is 0 Å². The molecule has 0 saturated heterocycles. The summed E-state index contributed by atoms with van der Waals surface area (Å²) in [5.74, 6) is 0. The predicted octanol–water partition coefficient (Wildman–Crippen LogP) is 4.93. The van der Waals surface area contributed by atoms with E-state index >= 15 is 0 Å². The van der Waals surface area contributed by atoms with Crippen molar-refractivity contribution in [1.29, 1.82) is 0 Å². The summed E-state index contributed by atoms with van der Waals surface area (Å²) in [7, 11) is 0. The molecule has 1 heteroatoms. The predicted molar refractivity (Wildman–Crippen MR) is 85.6 cm³/mol. The second kappa shape index (κ2) is 10.0. The van der Waals surface area contributed by atoms with Crippen LogP contribution in [0.15, 0.2) is 18.2 Å². The zero-order chi connectivity index (χ0) is 13.9. The van der Waals surface area contributed by atoms with E-state index in [0.29, 0.717) is 0 Å². The van der Waals surface area contributed by atoms with Crippen LogP contribution in [-0.4, -0.2) is 6.54 Å². The van der Waals surface area contributed by atoms with Crippen molar-refractivity contribution in [3.8, 4) is 0 Å². The van der Waals surface area contributed by atoms with E-state index in [-0.39, 0.29) is 0 Å². The van der Waals surface area contributed by atoms with Crippen LogP contribution in [0.2, 0.25) is 0 Å². The lowest BCUT2D eigenvalue weighted by Gasteiger charge is -2.07. The van der Waals surface area contributed by atoms with Crippen molar-refractivity contribution in [2.45, 2.75) is 71.6 Å². The van der Waals surface area contributed by atoms with Crippen LogP contribution in [0.1, 0.15) is 68.1 Å². The van der Waals surface area contributed by atoms with Crippen molar-refractivity contribution in [2.75, 3.05) is 6.54 Å². The van der Waals surface area contributed by atoms with Gasteiger partial charge in [0.2, 0.25) is 0 Å². The SMILES string of the molecule is Cc1ccc(CCCCCCCCCCN)c(C)c1. The van der Waals surface area contributed by atoms with Gasteiger partial charge >= 0.3 is 0 Å². The largest absolute Gasteiger partial charge is 0.330 e. The van der Waals surface area contributed by atoms with E-state index < -0.39 is 0 Å². The molecule has 0 amide bonds. The van der Waals surface area contributed by atoms with Crippen LogP contribution in [0.5, 0.6) is 0 Å². The number of hydrogen-bond donors (Lipinski definition) is 1. The fraction of sp³-hybridized carbons (Fsp3) is 0.667. The number of aryl methyl sites for hydroxylation is 3. The maximum atomic E-state index is 5.49. The van der Waals surface area contributed by atoms with Crippen LogP contribution >= 0.6 is 0 Å². The van der Waals surface area contributed by atoms with E-state index in [4.69, 9.17) is 5.73 Å². The van der Waals surface area contributed by atoms with Crippen molar-refractivity contribution in [3.05, 3.63) is 34.9 Å². The highest BCUT2D eigenvalue weighted by Gasteiger charge is 1.98. The third kappa shape index (κ3) is 7.37. The van der Waals surface area contributed by atoms with Gasteiger partial charge in [0.25, 0.3) is 0 Å². The fourth-order valence-electron chi connectivity index (χ4n) is 2.65. The highest BCUT2D eigenvalue weighted by atomic mass is 14.5. The Hall–Kier alpha value is -0.820. The molecule has 1 aromatic carbocycles. The number of benzene rings is 1. The quantitative estimate of drug-likeness (QED) is 0.594. The molecule has 19 heavy (non-hydrogen) atoms. The molecular formula is C18H31N. The fourth-order valence-corrected chi connectivity index (χ4v) is 2.65. The Kier molecular flexibility index (Phi) is 8.57. The summed E-state index contributed by atoms with van der Waals surface area (Å²) in [5, 5.41) is 0. The van der Waals surface area contributed by atoms with Crippen LogP contribution in [0, 0.1) is 13.8 Å². The number of hydrogen-bond acceptors (Lipinski definition) is 1. The first-order valence-corrected chi connectivity index (χ1v) is 8.00. The van der Waals surface area contributed by atoms with Gasteiger partial charge in [-0.15, -0.1) is 0 Å². The van der Waals surface area contributed by atoms with Crippen molar-refractivity contribution in [1.82, 2.24) is 0 Å². The second-order valence-corrected chi connectivity index (χ2v) is 5.80. The summed E-state index contributed by atoms with van der Waals surface area (Å²) in [6, 6.07) is 6.84. The molecule has 0 saturated carbocycles. The summed E-state index contributed by atoms with van der Waals surface area (Å²) >= 11 is 0. The maximum absolute atomic E-state index is 5.49. The molecular weight excluding hydrogens is 230 g/mol. The van der Waals surface area contributed by atoms with Gasteiger partial charge in [-0.1, -0.05) is 62.3 Å². The molecule has 0 atom stereocenters.